The van der Waals surface area contributed by atoms with Crippen LogP contribution in [0.25, 0.3) is 0 Å². The van der Waals surface area contributed by atoms with Crippen molar-refractivity contribution in [1.82, 2.24) is 15.5 Å². The number of hydrogen-bond acceptors (Lipinski definition) is 3. The van der Waals surface area contributed by atoms with E-state index < -0.39 is 11.6 Å². The average molecular weight is 408 g/mol. The van der Waals surface area contributed by atoms with Gasteiger partial charge in [-0.1, -0.05) is 53.4 Å². The summed E-state index contributed by atoms with van der Waals surface area (Å²) in [6.07, 6.45) is 4.23. The molecule has 0 bridgehead atoms. The van der Waals surface area contributed by atoms with E-state index in [9.17, 15) is 14.4 Å². The van der Waals surface area contributed by atoms with Crippen LogP contribution in [-0.2, 0) is 9.59 Å². The largest absolute Gasteiger partial charge is 0.348 e. The summed E-state index contributed by atoms with van der Waals surface area (Å²) in [6.45, 7) is 1.62. The van der Waals surface area contributed by atoms with E-state index in [1.165, 1.54) is 0 Å². The van der Waals surface area contributed by atoms with Gasteiger partial charge < -0.3 is 10.6 Å². The molecule has 1 aliphatic carbocycles. The van der Waals surface area contributed by atoms with Gasteiger partial charge in [-0.15, -0.1) is 0 Å². The zero-order valence-electron chi connectivity index (χ0n) is 14.2. The normalized spacial score (nSPS) is 20.5. The summed E-state index contributed by atoms with van der Waals surface area (Å²) in [5.74, 6) is -0.611. The fourth-order valence-corrected chi connectivity index (χ4v) is 4.28. The van der Waals surface area contributed by atoms with Crippen LogP contribution in [0.2, 0.25) is 0 Å². The van der Waals surface area contributed by atoms with E-state index in [1.54, 1.807) is 0 Å². The summed E-state index contributed by atoms with van der Waals surface area (Å²) < 4.78 is 0.902. The zero-order chi connectivity index (χ0) is 18.0. The van der Waals surface area contributed by atoms with E-state index in [0.717, 1.165) is 34.2 Å². The fourth-order valence-electron chi connectivity index (χ4n) is 3.65. The molecule has 6 nitrogen and oxygen atoms in total. The van der Waals surface area contributed by atoms with Crippen molar-refractivity contribution in [1.29, 1.82) is 0 Å². The molecule has 2 aliphatic rings. The topological polar surface area (TPSA) is 78.5 Å². The second-order valence-electron chi connectivity index (χ2n) is 6.77. The molecule has 3 rings (SSSR count). The molecule has 1 aromatic rings. The Balaban J connectivity index is 1.64. The molecule has 25 heavy (non-hydrogen) atoms. The van der Waals surface area contributed by atoms with E-state index in [1.807, 2.05) is 31.2 Å². The number of imide groups is 1. The summed E-state index contributed by atoms with van der Waals surface area (Å²) in [7, 11) is 0. The number of hydrogen-bond donors (Lipinski definition) is 2. The second kappa shape index (κ2) is 7.15. The van der Waals surface area contributed by atoms with Gasteiger partial charge in [0, 0.05) is 4.47 Å². The Morgan fingerprint density at radius 2 is 1.96 bits per heavy atom. The number of rotatable bonds is 4. The standard InChI is InChI=1S/C18H22BrN3O3/c1-12(13-7-3-4-8-14(13)19)20-15(23)11-22-16(24)18(21-17(22)25)9-5-2-6-10-18/h3-4,7-8,12H,2,5-6,9-11H2,1H3,(H,20,23)(H,21,25)/t12-/m1/s1. The Morgan fingerprint density at radius 1 is 1.28 bits per heavy atom. The highest BCUT2D eigenvalue weighted by molar-refractivity contribution is 9.10. The molecule has 1 saturated heterocycles. The average Bonchev–Trinajstić information content (AvgIpc) is 2.80. The SMILES string of the molecule is C[C@@H](NC(=O)CN1C(=O)NC2(CCCCC2)C1=O)c1ccccc1Br. The molecule has 0 aromatic heterocycles. The van der Waals surface area contributed by atoms with Crippen molar-refractivity contribution in [2.24, 2.45) is 0 Å². The van der Waals surface area contributed by atoms with E-state index in [4.69, 9.17) is 0 Å². The van der Waals surface area contributed by atoms with Gasteiger partial charge in [0.25, 0.3) is 5.91 Å². The third kappa shape index (κ3) is 3.56. The van der Waals surface area contributed by atoms with Crippen molar-refractivity contribution in [3.05, 3.63) is 34.3 Å². The molecule has 1 aliphatic heterocycles. The van der Waals surface area contributed by atoms with E-state index in [-0.39, 0.29) is 24.4 Å². The van der Waals surface area contributed by atoms with Crippen LogP contribution in [0.15, 0.2) is 28.7 Å². The number of nitrogens with one attached hydrogen (secondary N) is 2. The monoisotopic (exact) mass is 407 g/mol. The van der Waals surface area contributed by atoms with Crippen molar-refractivity contribution in [3.8, 4) is 0 Å². The number of carbonyl (C=O) groups excluding carboxylic acids is 3. The molecule has 7 heteroatoms. The highest BCUT2D eigenvalue weighted by Crippen LogP contribution is 2.33. The number of benzene rings is 1. The Labute approximate surface area is 155 Å². The molecule has 1 atom stereocenters. The minimum Gasteiger partial charge on any atom is -0.348 e. The molecule has 1 spiro atoms. The number of amides is 4. The number of carbonyl (C=O) groups is 3. The summed E-state index contributed by atoms with van der Waals surface area (Å²) in [4.78, 5) is 38.3. The Morgan fingerprint density at radius 3 is 2.64 bits per heavy atom. The van der Waals surface area contributed by atoms with Crippen molar-refractivity contribution >= 4 is 33.8 Å². The predicted octanol–water partition coefficient (Wildman–Crippen LogP) is 2.88. The maximum absolute atomic E-state index is 12.7. The molecular weight excluding hydrogens is 386 g/mol. The Hall–Kier alpha value is -1.89. The third-order valence-corrected chi connectivity index (χ3v) is 5.73. The summed E-state index contributed by atoms with van der Waals surface area (Å²) in [5, 5.41) is 5.67. The molecule has 4 amide bonds. The maximum Gasteiger partial charge on any atom is 0.325 e. The van der Waals surface area contributed by atoms with Crippen LogP contribution in [0.5, 0.6) is 0 Å². The van der Waals surface area contributed by atoms with Crippen LogP contribution in [0.4, 0.5) is 4.79 Å². The van der Waals surface area contributed by atoms with Crippen LogP contribution < -0.4 is 10.6 Å². The molecular formula is C18H22BrN3O3. The first-order valence-corrected chi connectivity index (χ1v) is 9.40. The van der Waals surface area contributed by atoms with E-state index in [0.29, 0.717) is 12.8 Å². The van der Waals surface area contributed by atoms with Gasteiger partial charge in [0.05, 0.1) is 6.04 Å². The molecule has 0 unspecified atom stereocenters. The lowest BCUT2D eigenvalue weighted by Crippen LogP contribution is -2.49. The lowest BCUT2D eigenvalue weighted by Gasteiger charge is -2.30. The molecule has 1 saturated carbocycles. The van der Waals surface area contributed by atoms with Gasteiger partial charge in [-0.3, -0.25) is 14.5 Å². The van der Waals surface area contributed by atoms with Gasteiger partial charge in [-0.2, -0.15) is 0 Å². The van der Waals surface area contributed by atoms with Gasteiger partial charge in [-0.25, -0.2) is 4.79 Å². The predicted molar refractivity (Wildman–Crippen MR) is 96.8 cm³/mol. The molecule has 0 radical (unpaired) electrons. The first kappa shape index (κ1) is 17.9. The van der Waals surface area contributed by atoms with Gasteiger partial charge in [-0.05, 0) is 31.4 Å². The number of nitrogens with zero attached hydrogens (tertiary/aromatic N) is 1. The van der Waals surface area contributed by atoms with Crippen LogP contribution in [0.3, 0.4) is 0 Å². The fraction of sp³-hybridized carbons (Fsp3) is 0.500. The smallest absolute Gasteiger partial charge is 0.325 e. The van der Waals surface area contributed by atoms with Crippen LogP contribution in [-0.4, -0.2) is 34.8 Å². The summed E-state index contributed by atoms with van der Waals surface area (Å²) >= 11 is 3.46. The Bertz CT molecular complexity index is 701. The molecule has 2 fully saturated rings. The van der Waals surface area contributed by atoms with Crippen LogP contribution in [0.1, 0.15) is 50.6 Å². The summed E-state index contributed by atoms with van der Waals surface area (Å²) in [6, 6.07) is 6.93. The number of halogens is 1. The minimum absolute atomic E-state index is 0.229. The van der Waals surface area contributed by atoms with Crippen molar-refractivity contribution in [2.75, 3.05) is 6.54 Å². The van der Waals surface area contributed by atoms with Crippen molar-refractivity contribution < 1.29 is 14.4 Å². The highest BCUT2D eigenvalue weighted by atomic mass is 79.9. The van der Waals surface area contributed by atoms with E-state index >= 15 is 0 Å². The summed E-state index contributed by atoms with van der Waals surface area (Å²) in [5.41, 5.74) is 0.153. The van der Waals surface area contributed by atoms with Crippen molar-refractivity contribution in [3.63, 3.8) is 0 Å². The van der Waals surface area contributed by atoms with Crippen LogP contribution >= 0.6 is 15.9 Å². The van der Waals surface area contributed by atoms with Gasteiger partial charge >= 0.3 is 6.03 Å². The van der Waals surface area contributed by atoms with Gasteiger partial charge in [0.15, 0.2) is 0 Å². The highest BCUT2D eigenvalue weighted by Gasteiger charge is 2.51. The minimum atomic E-state index is -0.788. The van der Waals surface area contributed by atoms with Crippen LogP contribution in [0, 0.1) is 0 Å². The van der Waals surface area contributed by atoms with E-state index in [2.05, 4.69) is 26.6 Å². The lowest BCUT2D eigenvalue weighted by atomic mass is 9.82. The Kier molecular flexibility index (Phi) is 5.13. The first-order chi connectivity index (χ1) is 11.9. The third-order valence-electron chi connectivity index (χ3n) is 5.00. The molecule has 1 aromatic carbocycles. The van der Waals surface area contributed by atoms with Gasteiger partial charge in [0.1, 0.15) is 12.1 Å². The maximum atomic E-state index is 12.7. The second-order valence-corrected chi connectivity index (χ2v) is 7.63. The van der Waals surface area contributed by atoms with Crippen molar-refractivity contribution in [2.45, 2.75) is 50.6 Å². The molecule has 134 valence electrons. The molecule has 2 N–H and O–H groups in total. The quantitative estimate of drug-likeness (QED) is 0.753. The number of urea groups is 1. The zero-order valence-corrected chi connectivity index (χ0v) is 15.8. The lowest BCUT2D eigenvalue weighted by molar-refractivity contribution is -0.136. The molecule has 1 heterocycles. The first-order valence-electron chi connectivity index (χ1n) is 8.61. The van der Waals surface area contributed by atoms with Gasteiger partial charge in [0.2, 0.25) is 5.91 Å².